The number of rotatable bonds is 6. The van der Waals surface area contributed by atoms with Crippen molar-refractivity contribution in [2.24, 2.45) is 0 Å². The number of nitrogens with two attached hydrogens (primary N) is 1. The molecule has 13 heteroatoms. The number of fused-ring (bicyclic) bond motifs is 1. The number of carbonyl (C=O) groups excluding carboxylic acids is 1. The number of carboxylic acids is 1. The Morgan fingerprint density at radius 3 is 2.42 bits per heavy atom. The van der Waals surface area contributed by atoms with E-state index in [0.29, 0.717) is 48.8 Å². The van der Waals surface area contributed by atoms with Crippen molar-refractivity contribution in [3.05, 3.63) is 69.9 Å². The van der Waals surface area contributed by atoms with E-state index in [1.54, 1.807) is 46.9 Å². The number of carboxylic acid groups (broad SMARTS) is 1. The molecule has 3 N–H and O–H groups in total. The van der Waals surface area contributed by atoms with Crippen LogP contribution in [0.5, 0.6) is 5.75 Å². The Hall–Kier alpha value is -4.94. The van der Waals surface area contributed by atoms with Crippen LogP contribution >= 0.6 is 0 Å². The molecule has 0 unspecified atom stereocenters. The van der Waals surface area contributed by atoms with Gasteiger partial charge < -0.3 is 29.9 Å². The van der Waals surface area contributed by atoms with Gasteiger partial charge in [0, 0.05) is 43.8 Å². The van der Waals surface area contributed by atoms with Crippen molar-refractivity contribution in [1.82, 2.24) is 24.5 Å². The van der Waals surface area contributed by atoms with Gasteiger partial charge in [0.25, 0.3) is 5.91 Å². The second-order valence-corrected chi connectivity index (χ2v) is 9.85. The highest BCUT2D eigenvalue weighted by Crippen LogP contribution is 2.38. The Morgan fingerprint density at radius 1 is 1.10 bits per heavy atom. The Morgan fingerprint density at radius 2 is 1.80 bits per heavy atom. The molecule has 12 nitrogen and oxygen atoms in total. The van der Waals surface area contributed by atoms with E-state index in [1.807, 2.05) is 4.90 Å². The minimum atomic E-state index is -1.34. The molecule has 3 heterocycles. The molecule has 40 heavy (non-hydrogen) atoms. The molecule has 1 aliphatic heterocycles. The van der Waals surface area contributed by atoms with E-state index in [2.05, 4.69) is 10.3 Å². The lowest BCUT2D eigenvalue weighted by Gasteiger charge is -2.36. The summed E-state index contributed by atoms with van der Waals surface area (Å²) in [4.78, 5) is 41.0. The first-order valence-corrected chi connectivity index (χ1v) is 12.8. The number of nitrogens with zero attached hydrogens (tertiary/aromatic N) is 6. The van der Waals surface area contributed by atoms with Crippen LogP contribution in [0.15, 0.2) is 47.4 Å². The topological polar surface area (TPSA) is 149 Å². The van der Waals surface area contributed by atoms with Gasteiger partial charge in [-0.05, 0) is 49.2 Å². The third-order valence-corrected chi connectivity index (χ3v) is 7.40. The van der Waals surface area contributed by atoms with E-state index in [4.69, 9.17) is 10.5 Å². The maximum absolute atomic E-state index is 15.3. The predicted molar refractivity (Wildman–Crippen MR) is 144 cm³/mol. The summed E-state index contributed by atoms with van der Waals surface area (Å²) >= 11 is 0. The van der Waals surface area contributed by atoms with Gasteiger partial charge in [-0.15, -0.1) is 5.10 Å². The van der Waals surface area contributed by atoms with Crippen LogP contribution in [0.4, 0.5) is 15.9 Å². The lowest BCUT2D eigenvalue weighted by atomic mass is 10.1. The van der Waals surface area contributed by atoms with E-state index < -0.39 is 17.2 Å². The molecule has 0 atom stereocenters. The molecular formula is C27H26FN7O5. The highest BCUT2D eigenvalue weighted by atomic mass is 19.1. The molecule has 1 amide bonds. The van der Waals surface area contributed by atoms with Crippen molar-refractivity contribution < 1.29 is 23.8 Å². The molecule has 1 saturated carbocycles. The van der Waals surface area contributed by atoms with Crippen LogP contribution in [0.3, 0.4) is 0 Å². The Kier molecular flexibility index (Phi) is 6.12. The molecule has 4 aromatic rings. The second kappa shape index (κ2) is 9.67. The first-order chi connectivity index (χ1) is 19.3. The van der Waals surface area contributed by atoms with Crippen LogP contribution < -0.4 is 20.8 Å². The van der Waals surface area contributed by atoms with E-state index in [1.165, 1.54) is 10.9 Å². The average molecular weight is 548 g/mol. The van der Waals surface area contributed by atoms with Crippen molar-refractivity contribution in [1.29, 1.82) is 0 Å². The lowest BCUT2D eigenvalue weighted by Crippen LogP contribution is -2.49. The van der Waals surface area contributed by atoms with Gasteiger partial charge >= 0.3 is 5.97 Å². The quantitative estimate of drug-likeness (QED) is 0.371. The summed E-state index contributed by atoms with van der Waals surface area (Å²) in [6.07, 6.45) is 3.07. The summed E-state index contributed by atoms with van der Waals surface area (Å²) in [5.74, 6) is -1.56. The molecule has 206 valence electrons. The van der Waals surface area contributed by atoms with Crippen molar-refractivity contribution in [2.45, 2.75) is 18.9 Å². The number of pyridine rings is 1. The van der Waals surface area contributed by atoms with Gasteiger partial charge in [0.05, 0.1) is 24.0 Å². The number of aromatic carboxylic acids is 1. The summed E-state index contributed by atoms with van der Waals surface area (Å²) in [6.45, 7) is 1.25. The fourth-order valence-electron chi connectivity index (χ4n) is 5.06. The Balaban J connectivity index is 1.22. The monoisotopic (exact) mass is 547 g/mol. The number of carbonyl (C=O) groups is 2. The number of hydrogen-bond donors (Lipinski definition) is 2. The minimum absolute atomic E-state index is 0.0313. The van der Waals surface area contributed by atoms with E-state index >= 15 is 4.39 Å². The summed E-state index contributed by atoms with van der Waals surface area (Å²) in [5.41, 5.74) is 6.59. The Bertz CT molecular complexity index is 1700. The number of nitrogen functional groups attached to an aromatic ring is 1. The molecule has 6 rings (SSSR count). The van der Waals surface area contributed by atoms with Crippen LogP contribution in [0.2, 0.25) is 0 Å². The third-order valence-electron chi connectivity index (χ3n) is 7.40. The van der Waals surface area contributed by atoms with Gasteiger partial charge in [-0.1, -0.05) is 5.21 Å². The summed E-state index contributed by atoms with van der Waals surface area (Å²) in [7, 11) is 1.56. The van der Waals surface area contributed by atoms with Crippen molar-refractivity contribution in [3.8, 4) is 11.4 Å². The summed E-state index contributed by atoms with van der Waals surface area (Å²) in [5, 5.41) is 17.6. The largest absolute Gasteiger partial charge is 0.497 e. The molecular weight excluding hydrogens is 521 g/mol. The molecule has 2 fully saturated rings. The van der Waals surface area contributed by atoms with Gasteiger partial charge in [0.1, 0.15) is 17.1 Å². The van der Waals surface area contributed by atoms with Crippen LogP contribution in [-0.4, -0.2) is 74.7 Å². The zero-order chi connectivity index (χ0) is 28.1. The van der Waals surface area contributed by atoms with Crippen LogP contribution in [0.1, 0.15) is 39.7 Å². The van der Waals surface area contributed by atoms with Crippen LogP contribution in [-0.2, 0) is 0 Å². The third kappa shape index (κ3) is 4.28. The predicted octanol–water partition coefficient (Wildman–Crippen LogP) is 2.31. The van der Waals surface area contributed by atoms with Crippen LogP contribution in [0.25, 0.3) is 16.6 Å². The van der Waals surface area contributed by atoms with Gasteiger partial charge in [-0.3, -0.25) is 9.59 Å². The average Bonchev–Trinajstić information content (AvgIpc) is 3.74. The van der Waals surface area contributed by atoms with Crippen molar-refractivity contribution in [2.75, 3.05) is 43.9 Å². The van der Waals surface area contributed by atoms with Gasteiger partial charge in [0.2, 0.25) is 5.43 Å². The first-order valence-electron chi connectivity index (χ1n) is 12.8. The second-order valence-electron chi connectivity index (χ2n) is 9.85. The fraction of sp³-hybridized carbons (Fsp3) is 0.296. The lowest BCUT2D eigenvalue weighted by molar-refractivity contribution is 0.0693. The number of piperazine rings is 1. The van der Waals surface area contributed by atoms with Gasteiger partial charge in [-0.2, -0.15) is 4.68 Å². The van der Waals surface area contributed by atoms with Gasteiger partial charge in [-0.25, -0.2) is 9.18 Å². The number of methoxy groups -OCH3 is 1. The molecule has 1 saturated heterocycles. The number of ether oxygens (including phenoxy) is 1. The van der Waals surface area contributed by atoms with E-state index in [0.717, 1.165) is 18.9 Å². The van der Waals surface area contributed by atoms with Crippen LogP contribution in [0, 0.1) is 5.82 Å². The maximum Gasteiger partial charge on any atom is 0.341 e. The fourth-order valence-corrected chi connectivity index (χ4v) is 5.06. The number of hydrogen-bond acceptors (Lipinski definition) is 8. The minimum Gasteiger partial charge on any atom is -0.497 e. The number of amides is 1. The first kappa shape index (κ1) is 25.3. The summed E-state index contributed by atoms with van der Waals surface area (Å²) in [6, 6.07) is 9.79. The number of benzene rings is 2. The Labute approximate surface area is 227 Å². The van der Waals surface area contributed by atoms with E-state index in [-0.39, 0.29) is 34.4 Å². The number of anilines is 2. The summed E-state index contributed by atoms with van der Waals surface area (Å²) < 4.78 is 23.6. The highest BCUT2D eigenvalue weighted by Gasteiger charge is 2.30. The molecule has 0 radical (unpaired) electrons. The molecule has 1 aliphatic carbocycles. The molecule has 2 aliphatic rings. The molecule has 2 aromatic carbocycles. The SMILES string of the molecule is COc1ccc(-n2nnc(C(=O)N3CCN(c4cc5c(cc4F)c(=O)c(C(=O)O)cn5C4CC4)CC3)c2N)cc1. The van der Waals surface area contributed by atoms with Crippen molar-refractivity contribution >= 4 is 34.3 Å². The number of halogens is 1. The molecule has 0 bridgehead atoms. The highest BCUT2D eigenvalue weighted by molar-refractivity contribution is 5.97. The molecule has 0 spiro atoms. The molecule has 2 aromatic heterocycles. The zero-order valence-electron chi connectivity index (χ0n) is 21.6. The van der Waals surface area contributed by atoms with Crippen molar-refractivity contribution in [3.63, 3.8) is 0 Å². The van der Waals surface area contributed by atoms with Gasteiger partial charge in [0.15, 0.2) is 11.5 Å². The number of aromatic nitrogens is 4. The maximum atomic E-state index is 15.3. The smallest absolute Gasteiger partial charge is 0.341 e. The standard InChI is InChI=1S/C27H26FN7O5/c1-40-17-6-4-16(5-7-17)35-25(29)23(30-31-35)26(37)33-10-8-32(9-11-33)22-13-21-18(12-20(22)28)24(36)19(27(38)39)14-34(21)15-2-3-15/h4-7,12-15H,2-3,8-11,29H2,1H3,(H,38,39). The zero-order valence-corrected chi connectivity index (χ0v) is 21.6. The van der Waals surface area contributed by atoms with E-state index in [9.17, 15) is 19.5 Å². The normalized spacial score (nSPS) is 15.4.